The van der Waals surface area contributed by atoms with Gasteiger partial charge >= 0.3 is 0 Å². The van der Waals surface area contributed by atoms with E-state index in [1.165, 1.54) is 6.07 Å². The summed E-state index contributed by atoms with van der Waals surface area (Å²) >= 11 is 5.98. The average molecular weight is 266 g/mol. The first-order chi connectivity index (χ1) is 8.49. The molecule has 1 unspecified atom stereocenters. The minimum atomic E-state index is -0.253. The summed E-state index contributed by atoms with van der Waals surface area (Å²) in [4.78, 5) is 12.0. The number of nitrogens with two attached hydrogens (primary N) is 1. The molecule has 0 heterocycles. The lowest BCUT2D eigenvalue weighted by molar-refractivity contribution is -0.120. The first kappa shape index (κ1) is 14.5. The minimum absolute atomic E-state index is 0.154. The van der Waals surface area contributed by atoms with Crippen LogP contribution in [-0.4, -0.2) is 12.5 Å². The fourth-order valence-electron chi connectivity index (χ4n) is 1.59. The molecule has 1 amide bonds. The molecule has 0 saturated carbocycles. The van der Waals surface area contributed by atoms with Gasteiger partial charge in [-0.05, 0) is 24.1 Å². The number of carbonyl (C=O) groups excluding carboxylic acids is 1. The summed E-state index contributed by atoms with van der Waals surface area (Å²) < 4.78 is 0. The van der Waals surface area contributed by atoms with Gasteiger partial charge < -0.3 is 11.1 Å². The van der Waals surface area contributed by atoms with E-state index < -0.39 is 0 Å². The number of hydrogen-bond acceptors (Lipinski definition) is 3. The van der Waals surface area contributed by atoms with Crippen molar-refractivity contribution < 1.29 is 4.79 Å². The lowest BCUT2D eigenvalue weighted by atomic mass is 9.95. The first-order valence-electron chi connectivity index (χ1n) is 5.70. The molecule has 1 atom stereocenters. The summed E-state index contributed by atoms with van der Waals surface area (Å²) in [6, 6.07) is 6.72. The van der Waals surface area contributed by atoms with Crippen molar-refractivity contribution in [3.8, 4) is 6.07 Å². The molecule has 0 aromatic heterocycles. The van der Waals surface area contributed by atoms with E-state index >= 15 is 0 Å². The molecule has 5 heteroatoms. The molecule has 4 nitrogen and oxygen atoms in total. The van der Waals surface area contributed by atoms with Crippen LogP contribution in [0.4, 0.5) is 5.69 Å². The zero-order valence-corrected chi connectivity index (χ0v) is 11.2. The summed E-state index contributed by atoms with van der Waals surface area (Å²) in [6.07, 6.45) is 0. The Morgan fingerprint density at radius 3 is 2.67 bits per heavy atom. The van der Waals surface area contributed by atoms with Crippen LogP contribution in [0.2, 0.25) is 5.02 Å². The maximum absolute atomic E-state index is 12.0. The number of hydrogen-bond donors (Lipinski definition) is 2. The van der Waals surface area contributed by atoms with Crippen molar-refractivity contribution in [2.24, 2.45) is 17.6 Å². The normalized spacial score (nSPS) is 12.0. The van der Waals surface area contributed by atoms with Crippen LogP contribution >= 0.6 is 11.6 Å². The predicted molar refractivity (Wildman–Crippen MR) is 72.2 cm³/mol. The van der Waals surface area contributed by atoms with Crippen LogP contribution < -0.4 is 11.1 Å². The first-order valence-corrected chi connectivity index (χ1v) is 6.08. The number of halogens is 1. The van der Waals surface area contributed by atoms with Crippen LogP contribution in [-0.2, 0) is 4.79 Å². The van der Waals surface area contributed by atoms with E-state index in [1.54, 1.807) is 12.1 Å². The van der Waals surface area contributed by atoms with Gasteiger partial charge in [-0.1, -0.05) is 25.4 Å². The van der Waals surface area contributed by atoms with E-state index in [9.17, 15) is 4.79 Å². The highest BCUT2D eigenvalue weighted by Gasteiger charge is 2.21. The van der Waals surface area contributed by atoms with E-state index in [4.69, 9.17) is 22.6 Å². The maximum atomic E-state index is 12.0. The van der Waals surface area contributed by atoms with Gasteiger partial charge in [-0.3, -0.25) is 4.79 Å². The van der Waals surface area contributed by atoms with E-state index in [-0.39, 0.29) is 24.3 Å². The van der Waals surface area contributed by atoms with Gasteiger partial charge in [-0.25, -0.2) is 0 Å². The molecule has 0 saturated heterocycles. The number of anilines is 1. The van der Waals surface area contributed by atoms with Crippen LogP contribution in [0.3, 0.4) is 0 Å². The van der Waals surface area contributed by atoms with Gasteiger partial charge in [0.15, 0.2) is 0 Å². The number of benzene rings is 1. The number of nitriles is 1. The van der Waals surface area contributed by atoms with Crippen LogP contribution in [0.5, 0.6) is 0 Å². The lowest BCUT2D eigenvalue weighted by Gasteiger charge is -2.18. The standard InChI is InChI=1S/C13H16ClN3O/c1-8(2)10(7-16)13(18)17-12-4-3-9(6-15)5-11(12)14/h3-5,8,10H,7,16H2,1-2H3,(H,17,18). The van der Waals surface area contributed by atoms with Gasteiger partial charge in [0.1, 0.15) is 0 Å². The summed E-state index contributed by atoms with van der Waals surface area (Å²) in [5.41, 5.74) is 6.53. The van der Waals surface area contributed by atoms with Crippen molar-refractivity contribution >= 4 is 23.2 Å². The molecule has 0 aliphatic carbocycles. The van der Waals surface area contributed by atoms with Gasteiger partial charge in [-0.2, -0.15) is 5.26 Å². The Morgan fingerprint density at radius 2 is 2.22 bits per heavy atom. The van der Waals surface area contributed by atoms with Gasteiger partial charge in [0.2, 0.25) is 5.91 Å². The van der Waals surface area contributed by atoms with Crippen LogP contribution in [0, 0.1) is 23.2 Å². The third-order valence-corrected chi connectivity index (χ3v) is 3.06. The SMILES string of the molecule is CC(C)C(CN)C(=O)Nc1ccc(C#N)cc1Cl. The Labute approximate surface area is 112 Å². The zero-order valence-electron chi connectivity index (χ0n) is 10.4. The topological polar surface area (TPSA) is 78.9 Å². The van der Waals surface area contributed by atoms with Crippen molar-refractivity contribution in [3.63, 3.8) is 0 Å². The fourth-order valence-corrected chi connectivity index (χ4v) is 1.82. The number of nitrogens with zero attached hydrogens (tertiary/aromatic N) is 1. The maximum Gasteiger partial charge on any atom is 0.229 e. The highest BCUT2D eigenvalue weighted by molar-refractivity contribution is 6.33. The summed E-state index contributed by atoms with van der Waals surface area (Å²) in [7, 11) is 0. The molecule has 1 aromatic rings. The largest absolute Gasteiger partial charge is 0.330 e. The predicted octanol–water partition coefficient (Wildman–Crippen LogP) is 2.38. The van der Waals surface area contributed by atoms with Crippen molar-refractivity contribution in [2.45, 2.75) is 13.8 Å². The van der Waals surface area contributed by atoms with Gasteiger partial charge in [0.05, 0.1) is 28.3 Å². The number of nitrogens with one attached hydrogen (secondary N) is 1. The summed E-state index contributed by atoms with van der Waals surface area (Å²) in [5.74, 6) is -0.247. The molecule has 0 spiro atoms. The third-order valence-electron chi connectivity index (χ3n) is 2.75. The van der Waals surface area contributed by atoms with Crippen LogP contribution in [0.15, 0.2) is 18.2 Å². The minimum Gasteiger partial charge on any atom is -0.330 e. The number of rotatable bonds is 4. The molecular weight excluding hydrogens is 250 g/mol. The summed E-state index contributed by atoms with van der Waals surface area (Å²) in [5, 5.41) is 11.8. The molecule has 18 heavy (non-hydrogen) atoms. The smallest absolute Gasteiger partial charge is 0.229 e. The molecule has 1 rings (SSSR count). The second-order valence-electron chi connectivity index (χ2n) is 4.38. The van der Waals surface area contributed by atoms with Crippen molar-refractivity contribution in [2.75, 3.05) is 11.9 Å². The van der Waals surface area contributed by atoms with Gasteiger partial charge in [-0.15, -0.1) is 0 Å². The Morgan fingerprint density at radius 1 is 1.56 bits per heavy atom. The molecule has 0 radical (unpaired) electrons. The highest BCUT2D eigenvalue weighted by Crippen LogP contribution is 2.24. The van der Waals surface area contributed by atoms with Gasteiger partial charge in [0.25, 0.3) is 0 Å². The highest BCUT2D eigenvalue weighted by atomic mass is 35.5. The molecule has 96 valence electrons. The molecule has 1 aromatic carbocycles. The monoisotopic (exact) mass is 265 g/mol. The molecule has 0 aliphatic heterocycles. The van der Waals surface area contributed by atoms with Crippen molar-refractivity contribution in [1.82, 2.24) is 0 Å². The zero-order chi connectivity index (χ0) is 13.7. The van der Waals surface area contributed by atoms with Gasteiger partial charge in [0, 0.05) is 6.54 Å². The summed E-state index contributed by atoms with van der Waals surface area (Å²) in [6.45, 7) is 4.17. The lowest BCUT2D eigenvalue weighted by Crippen LogP contribution is -2.33. The van der Waals surface area contributed by atoms with E-state index in [2.05, 4.69) is 5.32 Å². The fraction of sp³-hybridized carbons (Fsp3) is 0.385. The Balaban J connectivity index is 2.85. The van der Waals surface area contributed by atoms with E-state index in [0.717, 1.165) is 0 Å². The van der Waals surface area contributed by atoms with Crippen molar-refractivity contribution in [1.29, 1.82) is 5.26 Å². The van der Waals surface area contributed by atoms with E-state index in [1.807, 2.05) is 19.9 Å². The van der Waals surface area contributed by atoms with Crippen molar-refractivity contribution in [3.05, 3.63) is 28.8 Å². The van der Waals surface area contributed by atoms with Crippen LogP contribution in [0.25, 0.3) is 0 Å². The average Bonchev–Trinajstić information content (AvgIpc) is 2.32. The second kappa shape index (κ2) is 6.39. The molecular formula is C13H16ClN3O. The number of carbonyl (C=O) groups is 1. The number of amides is 1. The molecule has 0 fully saturated rings. The molecule has 3 N–H and O–H groups in total. The molecule has 0 aliphatic rings. The Hall–Kier alpha value is -1.57. The Kier molecular flexibility index (Phi) is 5.14. The van der Waals surface area contributed by atoms with Crippen LogP contribution in [0.1, 0.15) is 19.4 Å². The Bertz CT molecular complexity index is 480. The van der Waals surface area contributed by atoms with E-state index in [0.29, 0.717) is 16.3 Å². The molecule has 0 bridgehead atoms. The third kappa shape index (κ3) is 3.46. The quantitative estimate of drug-likeness (QED) is 0.877. The second-order valence-corrected chi connectivity index (χ2v) is 4.79.